The van der Waals surface area contributed by atoms with Crippen LogP contribution in [0.25, 0.3) is 0 Å². The van der Waals surface area contributed by atoms with E-state index >= 15 is 0 Å². The molecule has 0 saturated heterocycles. The van der Waals surface area contributed by atoms with Gasteiger partial charge in [-0.25, -0.2) is 5.90 Å². The van der Waals surface area contributed by atoms with E-state index < -0.39 is 0 Å². The van der Waals surface area contributed by atoms with Gasteiger partial charge in [0.1, 0.15) is 0 Å². The summed E-state index contributed by atoms with van der Waals surface area (Å²) in [6.07, 6.45) is 1.67. The highest BCUT2D eigenvalue weighted by Crippen LogP contribution is 2.41. The Bertz CT molecular complexity index is 409. The molecule has 0 saturated carbocycles. The molecule has 1 aromatic rings. The van der Waals surface area contributed by atoms with Crippen molar-refractivity contribution < 1.29 is 14.3 Å². The first-order valence-electron chi connectivity index (χ1n) is 5.63. The average Bonchev–Trinajstić information content (AvgIpc) is 2.58. The van der Waals surface area contributed by atoms with Crippen molar-refractivity contribution in [1.29, 1.82) is 0 Å². The zero-order chi connectivity index (χ0) is 12.3. The van der Waals surface area contributed by atoms with E-state index in [-0.39, 0.29) is 0 Å². The molecule has 2 rings (SSSR count). The molecule has 0 bridgehead atoms. The van der Waals surface area contributed by atoms with Gasteiger partial charge in [-0.05, 0) is 46.5 Å². The summed E-state index contributed by atoms with van der Waals surface area (Å²) >= 11 is 3.52. The van der Waals surface area contributed by atoms with Crippen LogP contribution in [0.5, 0.6) is 11.5 Å². The second kappa shape index (κ2) is 5.71. The Morgan fingerprint density at radius 1 is 1.35 bits per heavy atom. The second-order valence-corrected chi connectivity index (χ2v) is 4.83. The van der Waals surface area contributed by atoms with Gasteiger partial charge in [-0.2, -0.15) is 0 Å². The van der Waals surface area contributed by atoms with Crippen molar-refractivity contribution in [2.24, 2.45) is 5.90 Å². The molecule has 0 atom stereocenters. The highest BCUT2D eigenvalue weighted by atomic mass is 79.9. The molecule has 5 heteroatoms. The molecule has 0 unspecified atom stereocenters. The Kier molecular flexibility index (Phi) is 4.25. The SMILES string of the molecule is Cc1c(CCON)cc(Br)c2c1OCCCO2. The Morgan fingerprint density at radius 2 is 2.06 bits per heavy atom. The monoisotopic (exact) mass is 301 g/mol. The van der Waals surface area contributed by atoms with E-state index in [1.807, 2.05) is 13.0 Å². The van der Waals surface area contributed by atoms with Crippen LogP contribution >= 0.6 is 15.9 Å². The summed E-state index contributed by atoms with van der Waals surface area (Å²) < 4.78 is 12.4. The van der Waals surface area contributed by atoms with Gasteiger partial charge in [0.05, 0.1) is 24.3 Å². The van der Waals surface area contributed by atoms with Crippen LogP contribution in [0.4, 0.5) is 0 Å². The fourth-order valence-corrected chi connectivity index (χ4v) is 2.47. The van der Waals surface area contributed by atoms with Gasteiger partial charge < -0.3 is 14.3 Å². The normalized spacial score (nSPS) is 14.5. The second-order valence-electron chi connectivity index (χ2n) is 3.97. The quantitative estimate of drug-likeness (QED) is 0.871. The van der Waals surface area contributed by atoms with Gasteiger partial charge in [0, 0.05) is 6.42 Å². The van der Waals surface area contributed by atoms with Crippen molar-refractivity contribution in [3.63, 3.8) is 0 Å². The topological polar surface area (TPSA) is 53.7 Å². The molecule has 1 aliphatic rings. The minimum Gasteiger partial charge on any atom is -0.489 e. The van der Waals surface area contributed by atoms with Crippen molar-refractivity contribution >= 4 is 15.9 Å². The molecular weight excluding hydrogens is 286 g/mol. The number of nitrogens with two attached hydrogens (primary N) is 1. The van der Waals surface area contributed by atoms with Crippen LogP contribution in [0.3, 0.4) is 0 Å². The molecule has 1 aromatic carbocycles. The van der Waals surface area contributed by atoms with Crippen LogP contribution in [0.15, 0.2) is 10.5 Å². The van der Waals surface area contributed by atoms with Crippen LogP contribution in [0.2, 0.25) is 0 Å². The van der Waals surface area contributed by atoms with E-state index in [1.165, 1.54) is 0 Å². The lowest BCUT2D eigenvalue weighted by molar-refractivity contribution is 0.141. The summed E-state index contributed by atoms with van der Waals surface area (Å²) in [5.41, 5.74) is 2.26. The number of halogens is 1. The lowest BCUT2D eigenvalue weighted by atomic mass is 10.0. The Balaban J connectivity index is 2.38. The minimum atomic E-state index is 0.493. The van der Waals surface area contributed by atoms with Gasteiger partial charge in [0.2, 0.25) is 0 Å². The van der Waals surface area contributed by atoms with E-state index in [0.717, 1.165) is 39.9 Å². The summed E-state index contributed by atoms with van der Waals surface area (Å²) in [6.45, 7) is 3.91. The largest absolute Gasteiger partial charge is 0.489 e. The third kappa shape index (κ3) is 2.73. The zero-order valence-electron chi connectivity index (χ0n) is 9.79. The maximum Gasteiger partial charge on any atom is 0.175 e. The molecule has 94 valence electrons. The Hall–Kier alpha value is -0.780. The standard InChI is InChI=1S/C12H16BrNO3/c1-8-9(3-6-17-14)7-10(13)12-11(8)15-4-2-5-16-12/h7H,2-6,14H2,1H3. The molecule has 0 amide bonds. The van der Waals surface area contributed by atoms with Crippen LogP contribution in [-0.2, 0) is 11.3 Å². The predicted octanol–water partition coefficient (Wildman–Crippen LogP) is 2.35. The van der Waals surface area contributed by atoms with E-state index in [1.54, 1.807) is 0 Å². The molecule has 0 aromatic heterocycles. The third-order valence-electron chi connectivity index (χ3n) is 2.82. The molecule has 0 fully saturated rings. The Labute approximate surface area is 109 Å². The van der Waals surface area contributed by atoms with E-state index in [4.69, 9.17) is 15.4 Å². The highest BCUT2D eigenvalue weighted by Gasteiger charge is 2.19. The number of hydrogen-bond acceptors (Lipinski definition) is 4. The predicted molar refractivity (Wildman–Crippen MR) is 68.3 cm³/mol. The van der Waals surface area contributed by atoms with Crippen LogP contribution in [-0.4, -0.2) is 19.8 Å². The molecule has 17 heavy (non-hydrogen) atoms. The van der Waals surface area contributed by atoms with Gasteiger partial charge in [0.15, 0.2) is 11.5 Å². The molecule has 0 radical (unpaired) electrons. The first-order chi connectivity index (χ1) is 8.24. The van der Waals surface area contributed by atoms with Crippen molar-refractivity contribution in [2.45, 2.75) is 19.8 Å². The lowest BCUT2D eigenvalue weighted by Gasteiger charge is -2.15. The first-order valence-corrected chi connectivity index (χ1v) is 6.42. The van der Waals surface area contributed by atoms with Crippen LogP contribution in [0, 0.1) is 6.92 Å². The summed E-state index contributed by atoms with van der Waals surface area (Å²) in [5.74, 6) is 6.70. The summed E-state index contributed by atoms with van der Waals surface area (Å²) in [6, 6.07) is 2.04. The number of rotatable bonds is 3. The van der Waals surface area contributed by atoms with Crippen molar-refractivity contribution in [1.82, 2.24) is 0 Å². The fourth-order valence-electron chi connectivity index (χ4n) is 1.90. The number of hydrogen-bond donors (Lipinski definition) is 1. The van der Waals surface area contributed by atoms with Crippen LogP contribution < -0.4 is 15.4 Å². The number of ether oxygens (including phenoxy) is 2. The first kappa shape index (κ1) is 12.7. The van der Waals surface area contributed by atoms with Gasteiger partial charge in [-0.3, -0.25) is 0 Å². The molecule has 2 N–H and O–H groups in total. The fraction of sp³-hybridized carbons (Fsp3) is 0.500. The smallest absolute Gasteiger partial charge is 0.175 e. The number of fused-ring (bicyclic) bond motifs is 1. The summed E-state index contributed by atoms with van der Waals surface area (Å²) in [7, 11) is 0. The van der Waals surface area contributed by atoms with Gasteiger partial charge in [0.25, 0.3) is 0 Å². The summed E-state index contributed by atoms with van der Waals surface area (Å²) in [4.78, 5) is 4.62. The molecule has 1 heterocycles. The Morgan fingerprint density at radius 3 is 2.76 bits per heavy atom. The number of benzene rings is 1. The van der Waals surface area contributed by atoms with Crippen LogP contribution in [0.1, 0.15) is 17.5 Å². The van der Waals surface area contributed by atoms with Crippen molar-refractivity contribution in [2.75, 3.05) is 19.8 Å². The van der Waals surface area contributed by atoms with E-state index in [9.17, 15) is 0 Å². The minimum absolute atomic E-state index is 0.493. The van der Waals surface area contributed by atoms with E-state index in [0.29, 0.717) is 19.8 Å². The van der Waals surface area contributed by atoms with E-state index in [2.05, 4.69) is 20.8 Å². The maximum atomic E-state index is 5.75. The maximum absolute atomic E-state index is 5.75. The molecule has 4 nitrogen and oxygen atoms in total. The molecular formula is C12H16BrNO3. The molecule has 1 aliphatic heterocycles. The van der Waals surface area contributed by atoms with Gasteiger partial charge in [-0.1, -0.05) is 0 Å². The average molecular weight is 302 g/mol. The van der Waals surface area contributed by atoms with Crippen molar-refractivity contribution in [3.8, 4) is 11.5 Å². The zero-order valence-corrected chi connectivity index (χ0v) is 11.4. The van der Waals surface area contributed by atoms with Gasteiger partial charge >= 0.3 is 0 Å². The molecule has 0 spiro atoms. The summed E-state index contributed by atoms with van der Waals surface area (Å²) in [5, 5.41) is 0. The lowest BCUT2D eigenvalue weighted by Crippen LogP contribution is -2.06. The third-order valence-corrected chi connectivity index (χ3v) is 3.41. The highest BCUT2D eigenvalue weighted by molar-refractivity contribution is 9.10. The van der Waals surface area contributed by atoms with Crippen molar-refractivity contribution in [3.05, 3.63) is 21.7 Å². The molecule has 0 aliphatic carbocycles. The van der Waals surface area contributed by atoms with Gasteiger partial charge in [-0.15, -0.1) is 0 Å².